The summed E-state index contributed by atoms with van der Waals surface area (Å²) in [5.41, 5.74) is 0.565. The van der Waals surface area contributed by atoms with E-state index in [1.807, 2.05) is 34.6 Å². The highest BCUT2D eigenvalue weighted by Crippen LogP contribution is 2.28. The van der Waals surface area contributed by atoms with Crippen LogP contribution in [0.15, 0.2) is 58.8 Å². The molecule has 0 N–H and O–H groups in total. The van der Waals surface area contributed by atoms with Gasteiger partial charge in [-0.1, -0.05) is 19.4 Å². The number of alkyl halides is 3. The summed E-state index contributed by atoms with van der Waals surface area (Å²) in [6.45, 7) is 15.0. The average molecular weight is 474 g/mol. The van der Waals surface area contributed by atoms with E-state index in [1.165, 1.54) is 34.4 Å². The summed E-state index contributed by atoms with van der Waals surface area (Å²) in [4.78, 5) is 6.97. The Morgan fingerprint density at radius 1 is 1.22 bits per heavy atom. The predicted molar refractivity (Wildman–Crippen MR) is 128 cm³/mol. The molecule has 0 amide bonds. The molecule has 0 spiro atoms. The highest BCUT2D eigenvalue weighted by atomic mass is 32.2. The number of sulfone groups is 1. The number of nitrogens with zero attached hydrogens (tertiary/aromatic N) is 3. The largest absolute Gasteiger partial charge is 0.434 e. The number of aliphatic imine (C=N–C) groups is 1. The van der Waals surface area contributed by atoms with Crippen LogP contribution in [0.3, 0.4) is 0 Å². The van der Waals surface area contributed by atoms with Crippen LogP contribution < -0.4 is 0 Å². The van der Waals surface area contributed by atoms with Gasteiger partial charge >= 0.3 is 6.18 Å². The first-order valence-electron chi connectivity index (χ1n) is 9.52. The highest BCUT2D eigenvalue weighted by Gasteiger charge is 2.33. The molecule has 0 bridgehead atoms. The van der Waals surface area contributed by atoms with E-state index in [1.54, 1.807) is 20.2 Å². The van der Waals surface area contributed by atoms with Gasteiger partial charge in [0.25, 0.3) is 0 Å². The zero-order chi connectivity index (χ0) is 26.0. The number of hydrogen-bond acceptors (Lipinski definition) is 4. The Kier molecular flexibility index (Phi) is 18.8. The Bertz CT molecular complexity index is 930. The van der Waals surface area contributed by atoms with Gasteiger partial charge in [-0.3, -0.25) is 0 Å². The molecule has 0 saturated heterocycles. The summed E-state index contributed by atoms with van der Waals surface area (Å²) in [5, 5.41) is 0. The van der Waals surface area contributed by atoms with Gasteiger partial charge in [0.2, 0.25) is 0 Å². The van der Waals surface area contributed by atoms with Crippen molar-refractivity contribution >= 4 is 16.1 Å². The Hall–Kier alpha value is -2.86. The van der Waals surface area contributed by atoms with Crippen molar-refractivity contribution < 1.29 is 21.6 Å². The Morgan fingerprint density at radius 2 is 1.59 bits per heavy atom. The van der Waals surface area contributed by atoms with E-state index >= 15 is 0 Å². The summed E-state index contributed by atoms with van der Waals surface area (Å²) in [7, 11) is -1.57. The van der Waals surface area contributed by atoms with E-state index in [0.29, 0.717) is 5.69 Å². The fourth-order valence-corrected chi connectivity index (χ4v) is 2.11. The molecule has 0 aliphatic carbocycles. The number of halogens is 3. The quantitative estimate of drug-likeness (QED) is 0.294. The second kappa shape index (κ2) is 17.8. The maximum absolute atomic E-state index is 12.4. The lowest BCUT2D eigenvalue weighted by Crippen LogP contribution is -2.04. The molecule has 1 heterocycles. The van der Waals surface area contributed by atoms with Gasteiger partial charge in [0, 0.05) is 25.2 Å². The molecule has 0 atom stereocenters. The van der Waals surface area contributed by atoms with Crippen LogP contribution in [-0.4, -0.2) is 37.5 Å². The van der Waals surface area contributed by atoms with Gasteiger partial charge in [-0.15, -0.1) is 18.9 Å². The predicted octanol–water partition coefficient (Wildman–Crippen LogP) is 6.25. The average Bonchev–Trinajstić information content (AvgIpc) is 3.20. The van der Waals surface area contributed by atoms with Crippen LogP contribution in [0.25, 0.3) is 5.69 Å². The number of terminal acetylenes is 1. The second-order valence-electron chi connectivity index (χ2n) is 5.94. The number of rotatable bonds is 2. The van der Waals surface area contributed by atoms with Crippen molar-refractivity contribution in [3.63, 3.8) is 0 Å². The van der Waals surface area contributed by atoms with Gasteiger partial charge in [-0.05, 0) is 58.2 Å². The molecular weight excluding hydrogens is 439 g/mol. The first-order valence-corrected chi connectivity index (χ1v) is 11.4. The number of allylic oxidation sites excluding steroid dienone is 1. The summed E-state index contributed by atoms with van der Waals surface area (Å²) in [5.74, 6) is 2.25. The first kappa shape index (κ1) is 33.8. The molecule has 2 aromatic rings. The molecule has 0 aliphatic rings. The van der Waals surface area contributed by atoms with Gasteiger partial charge in [0.1, 0.15) is 0 Å². The van der Waals surface area contributed by atoms with Crippen molar-refractivity contribution in [2.24, 2.45) is 4.99 Å². The minimum atomic E-state index is -4.50. The summed E-state index contributed by atoms with van der Waals surface area (Å²) in [6, 6.07) is 5.49. The van der Waals surface area contributed by atoms with Crippen molar-refractivity contribution in [2.75, 3.05) is 13.3 Å². The summed E-state index contributed by atoms with van der Waals surface area (Å²) >= 11 is 0. The van der Waals surface area contributed by atoms with Crippen molar-refractivity contribution in [1.82, 2.24) is 9.55 Å². The highest BCUT2D eigenvalue weighted by molar-refractivity contribution is 7.90. The molecule has 0 fully saturated rings. The van der Waals surface area contributed by atoms with Gasteiger partial charge < -0.3 is 9.56 Å². The maximum atomic E-state index is 12.4. The smallest absolute Gasteiger partial charge is 0.306 e. The molecule has 32 heavy (non-hydrogen) atoms. The number of benzene rings is 1. The minimum Gasteiger partial charge on any atom is -0.306 e. The van der Waals surface area contributed by atoms with E-state index in [0.717, 1.165) is 18.8 Å². The Morgan fingerprint density at radius 3 is 1.84 bits per heavy atom. The Labute approximate surface area is 191 Å². The molecule has 0 aliphatic heterocycles. The SMILES string of the molecule is C#CC.C=C(C)C.CC.CC=NC.CS(=O)(=O)c1ccc(-n2cnc(C(F)(F)F)c2)cc1. The van der Waals surface area contributed by atoms with Gasteiger partial charge in [-0.2, -0.15) is 13.2 Å². The Balaban J connectivity index is -0.000000538. The summed E-state index contributed by atoms with van der Waals surface area (Å²) < 4.78 is 60.8. The molecule has 0 saturated carbocycles. The molecule has 2 rings (SSSR count). The fraction of sp³-hybridized carbons (Fsp3) is 0.391. The van der Waals surface area contributed by atoms with Crippen molar-refractivity contribution in [2.45, 2.75) is 52.6 Å². The fourth-order valence-electron chi connectivity index (χ4n) is 1.48. The maximum Gasteiger partial charge on any atom is 0.434 e. The van der Waals surface area contributed by atoms with Crippen LogP contribution in [0.1, 0.15) is 47.2 Å². The van der Waals surface area contributed by atoms with Crippen LogP contribution in [0, 0.1) is 12.3 Å². The third-order valence-corrected chi connectivity index (χ3v) is 3.82. The molecular formula is C23H34F3N3O2S. The third-order valence-electron chi connectivity index (χ3n) is 2.69. The third kappa shape index (κ3) is 16.9. The number of aromatic nitrogens is 2. The topological polar surface area (TPSA) is 64.3 Å². The van der Waals surface area contributed by atoms with Crippen LogP contribution in [0.5, 0.6) is 0 Å². The lowest BCUT2D eigenvalue weighted by Gasteiger charge is -2.04. The van der Waals surface area contributed by atoms with Crippen LogP contribution >= 0.6 is 0 Å². The molecule has 0 radical (unpaired) electrons. The van der Waals surface area contributed by atoms with E-state index in [2.05, 4.69) is 28.9 Å². The summed E-state index contributed by atoms with van der Waals surface area (Å²) in [6.07, 6.45) is 4.77. The zero-order valence-electron chi connectivity index (χ0n) is 20.0. The molecule has 1 aromatic heterocycles. The lowest BCUT2D eigenvalue weighted by atomic mass is 10.3. The van der Waals surface area contributed by atoms with Crippen LogP contribution in [0.4, 0.5) is 13.2 Å². The molecule has 0 unspecified atom stereocenters. The second-order valence-corrected chi connectivity index (χ2v) is 7.96. The van der Waals surface area contributed by atoms with Gasteiger partial charge in [0.05, 0.1) is 11.2 Å². The first-order chi connectivity index (χ1) is 14.7. The molecule has 180 valence electrons. The molecule has 1 aromatic carbocycles. The number of hydrogen-bond donors (Lipinski definition) is 0. The standard InChI is InChI=1S/C11H9F3N2O2S.C4H8.C3H7N.C3H4.C2H6/c1-19(17,18)9-4-2-8(3-5-9)16-6-10(15-7-16)11(12,13)14;1-4(2)3;1-3-4-2;1-3-2;1-2/h2-7H,1H3;1H2,2-3H3;3H,1-2H3;1H,2H3;1-2H3. The van der Waals surface area contributed by atoms with Crippen molar-refractivity contribution in [3.05, 3.63) is 54.6 Å². The zero-order valence-corrected chi connectivity index (χ0v) is 20.8. The number of imidazole rings is 1. The van der Waals surface area contributed by atoms with Crippen molar-refractivity contribution in [1.29, 1.82) is 0 Å². The van der Waals surface area contributed by atoms with E-state index in [4.69, 9.17) is 0 Å². The van der Waals surface area contributed by atoms with E-state index in [-0.39, 0.29) is 4.90 Å². The lowest BCUT2D eigenvalue weighted by molar-refractivity contribution is -0.140. The van der Waals surface area contributed by atoms with Gasteiger partial charge in [0.15, 0.2) is 15.5 Å². The van der Waals surface area contributed by atoms with Crippen LogP contribution in [0.2, 0.25) is 0 Å². The van der Waals surface area contributed by atoms with E-state index < -0.39 is 21.7 Å². The van der Waals surface area contributed by atoms with E-state index in [9.17, 15) is 21.6 Å². The van der Waals surface area contributed by atoms with Gasteiger partial charge in [-0.25, -0.2) is 13.4 Å². The monoisotopic (exact) mass is 473 g/mol. The molecule has 9 heteroatoms. The van der Waals surface area contributed by atoms with Crippen LogP contribution in [-0.2, 0) is 16.0 Å². The minimum absolute atomic E-state index is 0.104. The molecule has 5 nitrogen and oxygen atoms in total. The normalized spacial score (nSPS) is 9.94. The van der Waals surface area contributed by atoms with Crippen molar-refractivity contribution in [3.8, 4) is 18.0 Å².